The van der Waals surface area contributed by atoms with Crippen LogP contribution in [0, 0.1) is 11.3 Å². The standard InChI is InChI=1S/C14H13N3S2/c1-2-18-12-6-3-7-13(10(12)9-15)19-14-11(16)5-4-8-17-14/h3-8H,2,16H2,1H3. The molecule has 0 saturated heterocycles. The number of pyridine rings is 1. The zero-order valence-electron chi connectivity index (χ0n) is 10.5. The lowest BCUT2D eigenvalue weighted by Crippen LogP contribution is -1.92. The summed E-state index contributed by atoms with van der Waals surface area (Å²) in [5, 5.41) is 10.1. The fraction of sp³-hybridized carbons (Fsp3) is 0.143. The molecule has 0 aliphatic heterocycles. The van der Waals surface area contributed by atoms with E-state index < -0.39 is 0 Å². The van der Waals surface area contributed by atoms with Gasteiger partial charge in [-0.1, -0.05) is 24.8 Å². The highest BCUT2D eigenvalue weighted by Gasteiger charge is 2.11. The number of thioether (sulfide) groups is 1. The van der Waals surface area contributed by atoms with Gasteiger partial charge in [-0.3, -0.25) is 0 Å². The molecule has 19 heavy (non-hydrogen) atoms. The van der Waals surface area contributed by atoms with E-state index in [0.717, 1.165) is 20.6 Å². The van der Waals surface area contributed by atoms with Crippen molar-refractivity contribution >= 4 is 29.2 Å². The van der Waals surface area contributed by atoms with Crippen molar-refractivity contribution < 1.29 is 0 Å². The predicted octanol–water partition coefficient (Wildman–Crippen LogP) is 3.80. The maximum atomic E-state index is 9.34. The van der Waals surface area contributed by atoms with Gasteiger partial charge < -0.3 is 5.73 Å². The summed E-state index contributed by atoms with van der Waals surface area (Å²) in [6.07, 6.45) is 1.70. The molecule has 2 aromatic rings. The average molecular weight is 287 g/mol. The molecule has 0 atom stereocenters. The van der Waals surface area contributed by atoms with Crippen LogP contribution in [0.1, 0.15) is 12.5 Å². The molecule has 0 spiro atoms. The summed E-state index contributed by atoms with van der Waals surface area (Å²) in [7, 11) is 0. The number of nitrogen functional groups attached to an aromatic ring is 1. The summed E-state index contributed by atoms with van der Waals surface area (Å²) in [6.45, 7) is 2.07. The van der Waals surface area contributed by atoms with Crippen LogP contribution in [0.3, 0.4) is 0 Å². The van der Waals surface area contributed by atoms with Crippen LogP contribution in [0.15, 0.2) is 51.3 Å². The molecule has 1 heterocycles. The number of hydrogen-bond acceptors (Lipinski definition) is 5. The monoisotopic (exact) mass is 287 g/mol. The smallest absolute Gasteiger partial charge is 0.124 e. The van der Waals surface area contributed by atoms with Crippen LogP contribution in [0.2, 0.25) is 0 Å². The molecular weight excluding hydrogens is 274 g/mol. The van der Waals surface area contributed by atoms with E-state index in [0.29, 0.717) is 11.3 Å². The Morgan fingerprint density at radius 1 is 1.26 bits per heavy atom. The molecule has 2 N–H and O–H groups in total. The van der Waals surface area contributed by atoms with Crippen LogP contribution in [0.4, 0.5) is 5.69 Å². The van der Waals surface area contributed by atoms with Crippen molar-refractivity contribution in [1.29, 1.82) is 5.26 Å². The van der Waals surface area contributed by atoms with Gasteiger partial charge in [0.1, 0.15) is 11.1 Å². The molecular formula is C14H13N3S2. The highest BCUT2D eigenvalue weighted by atomic mass is 32.2. The van der Waals surface area contributed by atoms with Crippen LogP contribution in [-0.4, -0.2) is 10.7 Å². The minimum absolute atomic E-state index is 0.630. The Hall–Kier alpha value is -1.64. The number of aromatic nitrogens is 1. The second-order valence-electron chi connectivity index (χ2n) is 3.67. The quantitative estimate of drug-likeness (QED) is 0.867. The minimum Gasteiger partial charge on any atom is -0.397 e. The average Bonchev–Trinajstić information content (AvgIpc) is 2.42. The van der Waals surface area contributed by atoms with E-state index in [4.69, 9.17) is 5.73 Å². The zero-order valence-corrected chi connectivity index (χ0v) is 12.1. The molecule has 1 aromatic carbocycles. The molecule has 96 valence electrons. The van der Waals surface area contributed by atoms with E-state index in [1.165, 1.54) is 11.8 Å². The highest BCUT2D eigenvalue weighted by molar-refractivity contribution is 8.00. The summed E-state index contributed by atoms with van der Waals surface area (Å²) >= 11 is 3.10. The summed E-state index contributed by atoms with van der Waals surface area (Å²) < 4.78 is 0. The Kier molecular flexibility index (Phi) is 4.72. The number of hydrogen-bond donors (Lipinski definition) is 1. The van der Waals surface area contributed by atoms with E-state index in [2.05, 4.69) is 18.0 Å². The Morgan fingerprint density at radius 2 is 2.05 bits per heavy atom. The first-order valence-corrected chi connectivity index (χ1v) is 7.60. The van der Waals surface area contributed by atoms with Gasteiger partial charge in [-0.2, -0.15) is 5.26 Å². The van der Waals surface area contributed by atoms with E-state index >= 15 is 0 Å². The Labute approximate surface area is 121 Å². The summed E-state index contributed by atoms with van der Waals surface area (Å²) in [5.41, 5.74) is 7.21. The maximum Gasteiger partial charge on any atom is 0.124 e. The normalized spacial score (nSPS) is 10.1. The summed E-state index contributed by atoms with van der Waals surface area (Å²) in [5.74, 6) is 0.939. The second kappa shape index (κ2) is 6.50. The molecule has 0 radical (unpaired) electrons. The van der Waals surface area contributed by atoms with Crippen molar-refractivity contribution in [1.82, 2.24) is 4.98 Å². The van der Waals surface area contributed by atoms with Gasteiger partial charge in [0.15, 0.2) is 0 Å². The van der Waals surface area contributed by atoms with E-state index in [1.807, 2.05) is 24.3 Å². The van der Waals surface area contributed by atoms with Crippen molar-refractivity contribution in [3.05, 3.63) is 42.1 Å². The van der Waals surface area contributed by atoms with Crippen LogP contribution >= 0.6 is 23.5 Å². The van der Waals surface area contributed by atoms with Crippen LogP contribution in [0.5, 0.6) is 0 Å². The number of nitriles is 1. The van der Waals surface area contributed by atoms with Crippen molar-refractivity contribution in [3.63, 3.8) is 0 Å². The van der Waals surface area contributed by atoms with Gasteiger partial charge >= 0.3 is 0 Å². The SMILES string of the molecule is CCSc1cccc(Sc2ncccc2N)c1C#N. The first kappa shape index (κ1) is 13.8. The minimum atomic E-state index is 0.630. The van der Waals surface area contributed by atoms with Crippen molar-refractivity contribution in [2.75, 3.05) is 11.5 Å². The molecule has 0 aliphatic carbocycles. The van der Waals surface area contributed by atoms with Gasteiger partial charge in [-0.05, 0) is 30.0 Å². The van der Waals surface area contributed by atoms with Crippen LogP contribution in [-0.2, 0) is 0 Å². The van der Waals surface area contributed by atoms with Gasteiger partial charge in [0.05, 0.1) is 11.3 Å². The van der Waals surface area contributed by atoms with E-state index in [1.54, 1.807) is 24.0 Å². The van der Waals surface area contributed by atoms with Gasteiger partial charge in [-0.25, -0.2) is 4.98 Å². The number of rotatable bonds is 4. The Bertz CT molecular complexity index is 620. The second-order valence-corrected chi connectivity index (χ2v) is 6.01. The van der Waals surface area contributed by atoms with Crippen LogP contribution in [0.25, 0.3) is 0 Å². The van der Waals surface area contributed by atoms with Crippen molar-refractivity contribution in [2.45, 2.75) is 21.7 Å². The predicted molar refractivity (Wildman–Crippen MR) is 80.3 cm³/mol. The summed E-state index contributed by atoms with van der Waals surface area (Å²) in [4.78, 5) is 6.15. The molecule has 0 saturated carbocycles. The van der Waals surface area contributed by atoms with Crippen molar-refractivity contribution in [2.24, 2.45) is 0 Å². The zero-order chi connectivity index (χ0) is 13.7. The fourth-order valence-electron chi connectivity index (χ4n) is 1.57. The molecule has 2 rings (SSSR count). The largest absolute Gasteiger partial charge is 0.397 e. The third kappa shape index (κ3) is 3.22. The topological polar surface area (TPSA) is 62.7 Å². The molecule has 0 amide bonds. The molecule has 0 aliphatic rings. The Morgan fingerprint density at radius 3 is 2.74 bits per heavy atom. The Balaban J connectivity index is 2.38. The fourth-order valence-corrected chi connectivity index (χ4v) is 3.34. The third-order valence-electron chi connectivity index (χ3n) is 2.41. The third-order valence-corrected chi connectivity index (χ3v) is 4.44. The first-order chi connectivity index (χ1) is 9.26. The molecule has 0 bridgehead atoms. The number of nitrogens with zero attached hydrogens (tertiary/aromatic N) is 2. The maximum absolute atomic E-state index is 9.34. The highest BCUT2D eigenvalue weighted by Crippen LogP contribution is 2.35. The van der Waals surface area contributed by atoms with Crippen LogP contribution < -0.4 is 5.73 Å². The van der Waals surface area contributed by atoms with E-state index in [-0.39, 0.29) is 0 Å². The lowest BCUT2D eigenvalue weighted by Gasteiger charge is -2.08. The lowest BCUT2D eigenvalue weighted by molar-refractivity contribution is 1.13. The van der Waals surface area contributed by atoms with Gasteiger partial charge in [-0.15, -0.1) is 11.8 Å². The molecule has 0 unspecified atom stereocenters. The van der Waals surface area contributed by atoms with Gasteiger partial charge in [0.25, 0.3) is 0 Å². The van der Waals surface area contributed by atoms with E-state index in [9.17, 15) is 5.26 Å². The number of anilines is 1. The molecule has 5 heteroatoms. The molecule has 3 nitrogen and oxygen atoms in total. The number of benzene rings is 1. The van der Waals surface area contributed by atoms with Crippen molar-refractivity contribution in [3.8, 4) is 6.07 Å². The number of nitrogens with two attached hydrogens (primary N) is 1. The van der Waals surface area contributed by atoms with Gasteiger partial charge in [0.2, 0.25) is 0 Å². The first-order valence-electron chi connectivity index (χ1n) is 5.80. The summed E-state index contributed by atoms with van der Waals surface area (Å²) in [6, 6.07) is 11.7. The lowest BCUT2D eigenvalue weighted by atomic mass is 10.2. The molecule has 0 fully saturated rings. The molecule has 1 aromatic heterocycles. The van der Waals surface area contributed by atoms with Gasteiger partial charge in [0, 0.05) is 16.0 Å².